The van der Waals surface area contributed by atoms with Gasteiger partial charge in [0.05, 0.1) is 12.6 Å². The van der Waals surface area contributed by atoms with Crippen LogP contribution in [-0.2, 0) is 4.79 Å². The van der Waals surface area contributed by atoms with Gasteiger partial charge in [0.2, 0.25) is 5.91 Å². The van der Waals surface area contributed by atoms with Crippen molar-refractivity contribution in [2.24, 2.45) is 0 Å². The van der Waals surface area contributed by atoms with Crippen LogP contribution in [0.1, 0.15) is 20.8 Å². The zero-order valence-electron chi connectivity index (χ0n) is 10.8. The Hall–Kier alpha value is -1.10. The first-order valence-electron chi connectivity index (χ1n) is 5.80. The number of amides is 1. The quantitative estimate of drug-likeness (QED) is 0.767. The van der Waals surface area contributed by atoms with Gasteiger partial charge < -0.3 is 15.7 Å². The molecule has 1 aromatic carbocycles. The number of benzene rings is 1. The zero-order chi connectivity index (χ0) is 13.8. The third-order valence-corrected chi connectivity index (χ3v) is 3.13. The second kappa shape index (κ2) is 6.18. The summed E-state index contributed by atoms with van der Waals surface area (Å²) in [6.07, 6.45) is -0.541. The molecule has 1 amide bonds. The molecule has 1 rings (SSSR count). The first-order valence-corrected chi connectivity index (χ1v) is 6.17. The smallest absolute Gasteiger partial charge is 0.238 e. The number of hydrogen-bond donors (Lipinski definition) is 3. The molecule has 5 heteroatoms. The fraction of sp³-hybridized carbons (Fsp3) is 0.462. The normalized spacial score (nSPS) is 13.2. The number of carbonyl (C=O) groups excluding carboxylic acids is 1. The maximum atomic E-state index is 11.7. The van der Waals surface area contributed by atoms with Crippen molar-refractivity contribution in [1.82, 2.24) is 5.32 Å². The monoisotopic (exact) mass is 270 g/mol. The van der Waals surface area contributed by atoms with E-state index in [0.717, 1.165) is 0 Å². The number of anilines is 1. The largest absolute Gasteiger partial charge is 0.392 e. The Bertz CT molecular complexity index is 402. The summed E-state index contributed by atoms with van der Waals surface area (Å²) >= 11 is 5.75. The summed E-state index contributed by atoms with van der Waals surface area (Å²) in [4.78, 5) is 11.7. The Morgan fingerprint density at radius 3 is 2.44 bits per heavy atom. The molecule has 0 aliphatic rings. The molecule has 1 unspecified atom stereocenters. The van der Waals surface area contributed by atoms with Gasteiger partial charge in [-0.15, -0.1) is 0 Å². The maximum Gasteiger partial charge on any atom is 0.238 e. The fourth-order valence-corrected chi connectivity index (χ4v) is 1.32. The summed E-state index contributed by atoms with van der Waals surface area (Å²) in [7, 11) is 0. The Kier molecular flexibility index (Phi) is 5.14. The topological polar surface area (TPSA) is 61.4 Å². The molecule has 100 valence electrons. The van der Waals surface area contributed by atoms with Crippen LogP contribution in [-0.4, -0.2) is 29.2 Å². The third kappa shape index (κ3) is 4.64. The van der Waals surface area contributed by atoms with Crippen molar-refractivity contribution in [2.45, 2.75) is 32.4 Å². The van der Waals surface area contributed by atoms with Crippen molar-refractivity contribution >= 4 is 23.2 Å². The summed E-state index contributed by atoms with van der Waals surface area (Å²) < 4.78 is 0. The highest BCUT2D eigenvalue weighted by molar-refractivity contribution is 6.30. The molecule has 0 bridgehead atoms. The standard InChI is InChI=1S/C13H19ClN2O2/c1-9(17)13(2,3)15-8-12(18)16-11-6-4-10(14)5-7-11/h4-7,9,15,17H,8H2,1-3H3,(H,16,18). The summed E-state index contributed by atoms with van der Waals surface area (Å²) in [6, 6.07) is 6.90. The summed E-state index contributed by atoms with van der Waals surface area (Å²) in [6.45, 7) is 5.51. The Morgan fingerprint density at radius 1 is 1.39 bits per heavy atom. The van der Waals surface area contributed by atoms with Gasteiger partial charge in [0.1, 0.15) is 0 Å². The van der Waals surface area contributed by atoms with E-state index in [4.69, 9.17) is 11.6 Å². The second-order valence-electron chi connectivity index (χ2n) is 4.81. The molecule has 1 aromatic rings. The molecule has 1 atom stereocenters. The van der Waals surface area contributed by atoms with Crippen molar-refractivity contribution in [3.8, 4) is 0 Å². The van der Waals surface area contributed by atoms with E-state index in [2.05, 4.69) is 10.6 Å². The van der Waals surface area contributed by atoms with Crippen molar-refractivity contribution in [1.29, 1.82) is 0 Å². The van der Waals surface area contributed by atoms with E-state index in [1.165, 1.54) is 0 Å². The lowest BCUT2D eigenvalue weighted by Gasteiger charge is -2.29. The molecular formula is C13H19ClN2O2. The molecule has 0 radical (unpaired) electrons. The van der Waals surface area contributed by atoms with Crippen molar-refractivity contribution < 1.29 is 9.90 Å². The van der Waals surface area contributed by atoms with E-state index in [9.17, 15) is 9.90 Å². The van der Waals surface area contributed by atoms with Crippen LogP contribution < -0.4 is 10.6 Å². The average molecular weight is 271 g/mol. The summed E-state index contributed by atoms with van der Waals surface area (Å²) in [5.74, 6) is -0.161. The van der Waals surface area contributed by atoms with Crippen LogP contribution in [0, 0.1) is 0 Å². The van der Waals surface area contributed by atoms with Crippen molar-refractivity contribution in [3.63, 3.8) is 0 Å². The highest BCUT2D eigenvalue weighted by Crippen LogP contribution is 2.13. The minimum absolute atomic E-state index is 0.139. The molecule has 0 aromatic heterocycles. The van der Waals surface area contributed by atoms with Gasteiger partial charge in [-0.1, -0.05) is 11.6 Å². The lowest BCUT2D eigenvalue weighted by atomic mass is 9.99. The summed E-state index contributed by atoms with van der Waals surface area (Å²) in [5, 5.41) is 15.9. The van der Waals surface area contributed by atoms with Crippen LogP contribution in [0.5, 0.6) is 0 Å². The van der Waals surface area contributed by atoms with Gasteiger partial charge in [0.15, 0.2) is 0 Å². The van der Waals surface area contributed by atoms with Crippen molar-refractivity contribution in [2.75, 3.05) is 11.9 Å². The summed E-state index contributed by atoms with van der Waals surface area (Å²) in [5.41, 5.74) is 0.193. The highest BCUT2D eigenvalue weighted by atomic mass is 35.5. The lowest BCUT2D eigenvalue weighted by molar-refractivity contribution is -0.115. The van der Waals surface area contributed by atoms with Crippen molar-refractivity contribution in [3.05, 3.63) is 29.3 Å². The van der Waals surface area contributed by atoms with Gasteiger partial charge in [0.25, 0.3) is 0 Å². The van der Waals surface area contributed by atoms with E-state index in [0.29, 0.717) is 10.7 Å². The van der Waals surface area contributed by atoms with E-state index in [-0.39, 0.29) is 12.5 Å². The molecule has 4 nitrogen and oxygen atoms in total. The highest BCUT2D eigenvalue weighted by Gasteiger charge is 2.23. The molecule has 0 aliphatic carbocycles. The number of aliphatic hydroxyl groups is 1. The van der Waals surface area contributed by atoms with Crippen LogP contribution in [0.25, 0.3) is 0 Å². The van der Waals surface area contributed by atoms with Gasteiger partial charge in [-0.3, -0.25) is 4.79 Å². The van der Waals surface area contributed by atoms with E-state index in [1.807, 2.05) is 13.8 Å². The molecule has 0 saturated carbocycles. The van der Waals surface area contributed by atoms with E-state index < -0.39 is 11.6 Å². The average Bonchev–Trinajstić information content (AvgIpc) is 2.29. The predicted octanol–water partition coefficient (Wildman–Crippen LogP) is 2.03. The molecular weight excluding hydrogens is 252 g/mol. The minimum Gasteiger partial charge on any atom is -0.392 e. The van der Waals surface area contributed by atoms with Gasteiger partial charge in [-0.25, -0.2) is 0 Å². The molecule has 0 saturated heterocycles. The first-order chi connectivity index (χ1) is 8.31. The second-order valence-corrected chi connectivity index (χ2v) is 5.24. The molecule has 18 heavy (non-hydrogen) atoms. The number of rotatable bonds is 5. The molecule has 0 heterocycles. The number of halogens is 1. The molecule has 0 spiro atoms. The zero-order valence-corrected chi connectivity index (χ0v) is 11.6. The third-order valence-electron chi connectivity index (χ3n) is 2.88. The molecule has 0 fully saturated rings. The van der Waals surface area contributed by atoms with Gasteiger partial charge in [-0.05, 0) is 45.0 Å². The van der Waals surface area contributed by atoms with Gasteiger partial charge in [-0.2, -0.15) is 0 Å². The van der Waals surface area contributed by atoms with Gasteiger partial charge >= 0.3 is 0 Å². The van der Waals surface area contributed by atoms with Gasteiger partial charge in [0, 0.05) is 16.2 Å². The van der Waals surface area contributed by atoms with E-state index >= 15 is 0 Å². The van der Waals surface area contributed by atoms with Crippen LogP contribution in [0.4, 0.5) is 5.69 Å². The molecule has 3 N–H and O–H groups in total. The Labute approximate surface area is 112 Å². The van der Waals surface area contributed by atoms with E-state index in [1.54, 1.807) is 31.2 Å². The van der Waals surface area contributed by atoms with Crippen LogP contribution >= 0.6 is 11.6 Å². The molecule has 0 aliphatic heterocycles. The Morgan fingerprint density at radius 2 is 1.94 bits per heavy atom. The fourth-order valence-electron chi connectivity index (χ4n) is 1.19. The number of aliphatic hydroxyl groups excluding tert-OH is 1. The number of hydrogen-bond acceptors (Lipinski definition) is 3. The number of carbonyl (C=O) groups is 1. The minimum atomic E-state index is -0.541. The van der Waals surface area contributed by atoms with Crippen LogP contribution in [0.15, 0.2) is 24.3 Å². The number of nitrogens with one attached hydrogen (secondary N) is 2. The Balaban J connectivity index is 2.45. The van der Waals surface area contributed by atoms with Crippen LogP contribution in [0.2, 0.25) is 5.02 Å². The maximum absolute atomic E-state index is 11.7. The first kappa shape index (κ1) is 15.0. The lowest BCUT2D eigenvalue weighted by Crippen LogP contribution is -2.50. The SMILES string of the molecule is CC(O)C(C)(C)NCC(=O)Nc1ccc(Cl)cc1. The van der Waals surface area contributed by atoms with Crippen LogP contribution in [0.3, 0.4) is 0 Å². The predicted molar refractivity (Wildman–Crippen MR) is 73.8 cm³/mol.